The maximum atomic E-state index is 14.0. The average Bonchev–Trinajstić information content (AvgIpc) is 3.65. The van der Waals surface area contributed by atoms with Crippen molar-refractivity contribution >= 4 is 63.9 Å². The second kappa shape index (κ2) is 23.5. The minimum atomic E-state index is -1.07. The first-order chi connectivity index (χ1) is 29.6. The number of H-pyrrole nitrogens is 1. The summed E-state index contributed by atoms with van der Waals surface area (Å²) in [6.45, 7) is 3.62. The Bertz CT molecular complexity index is 2210. The van der Waals surface area contributed by atoms with E-state index in [1.165, 1.54) is 31.3 Å². The van der Waals surface area contributed by atoms with E-state index in [1.54, 1.807) is 30.5 Å². The van der Waals surface area contributed by atoms with Crippen LogP contribution in [-0.2, 0) is 32.0 Å². The molecule has 18 heteroatoms. The van der Waals surface area contributed by atoms with Crippen LogP contribution in [0.3, 0.4) is 0 Å². The van der Waals surface area contributed by atoms with E-state index in [1.807, 2.05) is 44.2 Å². The van der Waals surface area contributed by atoms with E-state index >= 15 is 0 Å². The van der Waals surface area contributed by atoms with E-state index in [0.717, 1.165) is 22.0 Å². The first-order valence-corrected chi connectivity index (χ1v) is 20.3. The van der Waals surface area contributed by atoms with Crippen LogP contribution >= 0.6 is 0 Å². The number of Topliss-reactive ketones (excluding diaryl/α,β-unsaturated/α-hetero) is 2. The lowest BCUT2D eigenvalue weighted by atomic mass is 9.90. The fourth-order valence-electron chi connectivity index (χ4n) is 6.81. The summed E-state index contributed by atoms with van der Waals surface area (Å²) in [4.78, 5) is 99.0. The summed E-state index contributed by atoms with van der Waals surface area (Å²) in [5.41, 5.74) is 19.7. The van der Waals surface area contributed by atoms with E-state index in [0.29, 0.717) is 18.7 Å². The number of carbonyl (C=O) groups excluding carboxylic acids is 7. The van der Waals surface area contributed by atoms with Gasteiger partial charge in [-0.05, 0) is 73.1 Å². The lowest BCUT2D eigenvalue weighted by molar-refractivity contribution is -0.132. The molecule has 4 aromatic rings. The van der Waals surface area contributed by atoms with Gasteiger partial charge in [0, 0.05) is 60.7 Å². The fourth-order valence-corrected chi connectivity index (χ4v) is 6.81. The van der Waals surface area contributed by atoms with Crippen molar-refractivity contribution in [1.82, 2.24) is 31.6 Å². The highest BCUT2D eigenvalue weighted by atomic mass is 16.2. The van der Waals surface area contributed by atoms with Gasteiger partial charge in [0.15, 0.2) is 17.5 Å². The molecular weight excluding hydrogens is 795 g/mol. The Kier molecular flexibility index (Phi) is 18.0. The van der Waals surface area contributed by atoms with Crippen molar-refractivity contribution < 1.29 is 33.6 Å². The van der Waals surface area contributed by atoms with Crippen LogP contribution in [0.5, 0.6) is 0 Å². The number of benzene rings is 3. The smallest absolute Gasteiger partial charge is 0.316 e. The van der Waals surface area contributed by atoms with Gasteiger partial charge in [-0.3, -0.25) is 29.0 Å². The predicted octanol–water partition coefficient (Wildman–Crippen LogP) is 2.39. The molecule has 0 radical (unpaired) electrons. The highest BCUT2D eigenvalue weighted by molar-refractivity contribution is 6.00. The predicted molar refractivity (Wildman–Crippen MR) is 237 cm³/mol. The molecule has 0 bridgehead atoms. The van der Waals surface area contributed by atoms with Gasteiger partial charge in [0.25, 0.3) is 5.91 Å². The van der Waals surface area contributed by atoms with Gasteiger partial charge in [-0.1, -0.05) is 62.4 Å². The van der Waals surface area contributed by atoms with E-state index < -0.39 is 71.9 Å². The van der Waals surface area contributed by atoms with Crippen molar-refractivity contribution in [2.75, 3.05) is 25.5 Å². The van der Waals surface area contributed by atoms with Crippen LogP contribution < -0.4 is 49.1 Å². The molecule has 1 heterocycles. The highest BCUT2D eigenvalue weighted by Crippen LogP contribution is 2.21. The third-order valence-corrected chi connectivity index (χ3v) is 10.1. The van der Waals surface area contributed by atoms with Crippen LogP contribution in [-0.4, -0.2) is 90.6 Å². The van der Waals surface area contributed by atoms with E-state index in [4.69, 9.17) is 17.2 Å². The number of anilines is 1. The van der Waals surface area contributed by atoms with Crippen LogP contribution in [0, 0.1) is 11.8 Å². The quantitative estimate of drug-likeness (QED) is 0.0297. The van der Waals surface area contributed by atoms with Crippen LogP contribution in [0.2, 0.25) is 0 Å². The standard InChI is InChI=1S/C44H57N11O7/c1-26(2)20-34(55-44(62)51-25-38(57)35(21-27-10-5-4-6-11-27)53-40(59)28-15-17-31(18-16-28)52-43(47)61)37(56)23-29(12-9-19-49-42(46)48-3)41(60)54-36(39(45)58)22-30-24-50-33-14-8-7-13-32(30)33/h4-8,10-11,13-18,24,26,29,34-36,50H,9,12,19-23,25H2,1-3H3,(H2,45,58)(H,53,59)(H,54,60)(H3,46,48,49)(H3,47,52,61)(H2,51,55,62)/t29-,34+,35+,36+/m1/s1. The summed E-state index contributed by atoms with van der Waals surface area (Å²) in [6.07, 6.45) is 2.58. The number of fused-ring (bicyclic) bond motifs is 1. The zero-order valence-electron chi connectivity index (χ0n) is 35.2. The van der Waals surface area contributed by atoms with Gasteiger partial charge < -0.3 is 54.1 Å². The first-order valence-electron chi connectivity index (χ1n) is 20.3. The molecule has 13 N–H and O–H groups in total. The number of aromatic nitrogens is 1. The Morgan fingerprint density at radius 2 is 1.44 bits per heavy atom. The minimum Gasteiger partial charge on any atom is -0.370 e. The number of aliphatic imine (C=N–C) groups is 1. The number of hydrogen-bond donors (Lipinski definition) is 10. The first kappa shape index (κ1) is 47.4. The number of aromatic amines is 1. The number of nitrogens with two attached hydrogens (primary N) is 3. The molecule has 330 valence electrons. The van der Waals surface area contributed by atoms with Crippen molar-refractivity contribution in [3.05, 3.63) is 102 Å². The number of guanidine groups is 1. The van der Waals surface area contributed by atoms with E-state index in [9.17, 15) is 33.6 Å². The Hall–Kier alpha value is -7.24. The average molecular weight is 852 g/mol. The SMILES string of the molecule is CN=C(N)NCCC[C@H](CC(=O)[C@H](CC(C)C)NC(=O)NCC(=O)[C@H](Cc1ccccc1)NC(=O)c1ccc(NC(N)=O)cc1)C(=O)N[C@@H](Cc1c[nH]c2ccccc12)C(N)=O. The molecule has 0 aliphatic heterocycles. The second-order valence-corrected chi connectivity index (χ2v) is 15.3. The Morgan fingerprint density at radius 3 is 2.10 bits per heavy atom. The number of amides is 7. The largest absolute Gasteiger partial charge is 0.370 e. The molecule has 4 atom stereocenters. The van der Waals surface area contributed by atoms with Gasteiger partial charge in [-0.15, -0.1) is 0 Å². The summed E-state index contributed by atoms with van der Waals surface area (Å²) >= 11 is 0. The number of ketones is 2. The molecule has 0 aliphatic rings. The zero-order valence-corrected chi connectivity index (χ0v) is 35.2. The molecule has 62 heavy (non-hydrogen) atoms. The van der Waals surface area contributed by atoms with E-state index in [2.05, 4.69) is 41.9 Å². The van der Waals surface area contributed by atoms with E-state index in [-0.39, 0.29) is 49.5 Å². The number of hydrogen-bond acceptors (Lipinski definition) is 8. The van der Waals surface area contributed by atoms with Crippen molar-refractivity contribution in [1.29, 1.82) is 0 Å². The highest BCUT2D eigenvalue weighted by Gasteiger charge is 2.31. The number of para-hydroxylation sites is 1. The summed E-state index contributed by atoms with van der Waals surface area (Å²) in [6, 6.07) is 17.7. The summed E-state index contributed by atoms with van der Waals surface area (Å²) < 4.78 is 0. The monoisotopic (exact) mass is 851 g/mol. The summed E-state index contributed by atoms with van der Waals surface area (Å²) in [5, 5.41) is 16.9. The Labute approximate surface area is 360 Å². The molecule has 0 saturated heterocycles. The maximum Gasteiger partial charge on any atom is 0.316 e. The molecule has 0 spiro atoms. The number of nitrogens with zero attached hydrogens (tertiary/aromatic N) is 1. The molecule has 0 aliphatic carbocycles. The second-order valence-electron chi connectivity index (χ2n) is 15.3. The minimum absolute atomic E-state index is 0.0554. The van der Waals surface area contributed by atoms with Gasteiger partial charge >= 0.3 is 12.1 Å². The molecule has 0 fully saturated rings. The fraction of sp³-hybridized carbons (Fsp3) is 0.364. The third kappa shape index (κ3) is 15.1. The number of nitrogens with one attached hydrogen (secondary N) is 7. The lowest BCUT2D eigenvalue weighted by Crippen LogP contribution is -2.51. The molecule has 3 aromatic carbocycles. The number of carbonyl (C=O) groups is 7. The molecule has 7 amide bonds. The van der Waals surface area contributed by atoms with Crippen LogP contribution in [0.25, 0.3) is 10.9 Å². The van der Waals surface area contributed by atoms with Crippen LogP contribution in [0.15, 0.2) is 90.1 Å². The van der Waals surface area contributed by atoms with Crippen LogP contribution in [0.1, 0.15) is 61.0 Å². The van der Waals surface area contributed by atoms with Crippen molar-refractivity contribution in [2.24, 2.45) is 34.0 Å². The molecule has 18 nitrogen and oxygen atoms in total. The summed E-state index contributed by atoms with van der Waals surface area (Å²) in [7, 11) is 1.53. The maximum absolute atomic E-state index is 14.0. The van der Waals surface area contributed by atoms with Crippen molar-refractivity contribution in [3.63, 3.8) is 0 Å². The lowest BCUT2D eigenvalue weighted by Gasteiger charge is -2.24. The third-order valence-electron chi connectivity index (χ3n) is 10.1. The Morgan fingerprint density at radius 1 is 0.742 bits per heavy atom. The van der Waals surface area contributed by atoms with Gasteiger partial charge in [0.1, 0.15) is 6.04 Å². The zero-order chi connectivity index (χ0) is 45.2. The molecular formula is C44H57N11O7. The Balaban J connectivity index is 1.44. The molecule has 0 saturated carbocycles. The van der Waals surface area contributed by atoms with Crippen LogP contribution in [0.4, 0.5) is 15.3 Å². The topological polar surface area (TPSA) is 298 Å². The van der Waals surface area contributed by atoms with Gasteiger partial charge in [0.2, 0.25) is 11.8 Å². The molecule has 4 rings (SSSR count). The number of rotatable bonds is 23. The molecule has 0 unspecified atom stereocenters. The number of urea groups is 2. The summed E-state index contributed by atoms with van der Waals surface area (Å²) in [5.74, 6) is -3.55. The normalized spacial score (nSPS) is 13.3. The van der Waals surface area contributed by atoms with Crippen molar-refractivity contribution in [3.8, 4) is 0 Å². The molecule has 1 aromatic heterocycles. The van der Waals surface area contributed by atoms with Gasteiger partial charge in [-0.2, -0.15) is 0 Å². The number of primary amides is 2. The van der Waals surface area contributed by atoms with Gasteiger partial charge in [0.05, 0.1) is 18.6 Å². The van der Waals surface area contributed by atoms with Crippen molar-refractivity contribution in [2.45, 2.75) is 70.5 Å². The van der Waals surface area contributed by atoms with Gasteiger partial charge in [-0.25, -0.2) is 9.59 Å².